The molecule has 0 saturated carbocycles. The normalized spacial score (nSPS) is 12.4. The van der Waals surface area contributed by atoms with Crippen molar-refractivity contribution in [1.82, 2.24) is 20.9 Å². The van der Waals surface area contributed by atoms with Crippen molar-refractivity contribution in [2.75, 3.05) is 6.54 Å². The molecule has 1 aromatic heterocycles. The maximum atomic E-state index is 11.4. The first-order valence-corrected chi connectivity index (χ1v) is 5.91. The molecule has 0 fully saturated rings. The smallest absolute Gasteiger partial charge is 0.221 e. The summed E-state index contributed by atoms with van der Waals surface area (Å²) >= 11 is 0. The van der Waals surface area contributed by atoms with E-state index in [2.05, 4.69) is 25.6 Å². The van der Waals surface area contributed by atoms with Gasteiger partial charge in [0.15, 0.2) is 0 Å². The van der Waals surface area contributed by atoms with Crippen LogP contribution in [-0.4, -0.2) is 28.8 Å². The van der Waals surface area contributed by atoms with Gasteiger partial charge in [0.2, 0.25) is 5.91 Å². The lowest BCUT2D eigenvalue weighted by atomic mass is 10.2. The van der Waals surface area contributed by atoms with Crippen molar-refractivity contribution in [1.29, 1.82) is 0 Å². The van der Waals surface area contributed by atoms with E-state index in [1.54, 1.807) is 0 Å². The molecule has 0 aliphatic heterocycles. The van der Waals surface area contributed by atoms with E-state index in [1.807, 2.05) is 20.8 Å². The summed E-state index contributed by atoms with van der Waals surface area (Å²) in [6.45, 7) is 7.07. The van der Waals surface area contributed by atoms with Gasteiger partial charge in [0.05, 0.1) is 0 Å². The summed E-state index contributed by atoms with van der Waals surface area (Å²) in [6.07, 6.45) is 1.41. The minimum absolute atomic E-state index is 0.0712. The first kappa shape index (κ1) is 13.6. The second kappa shape index (κ2) is 7.01. The molecule has 1 rings (SSSR count). The van der Waals surface area contributed by atoms with Gasteiger partial charge in [-0.1, -0.05) is 17.2 Å². The molecule has 0 spiro atoms. The SMILES string of the molecule is CCC(C)NC(=O)CCNCc1nonc1C. The fourth-order valence-electron chi connectivity index (χ4n) is 1.27. The summed E-state index contributed by atoms with van der Waals surface area (Å²) in [5.41, 5.74) is 1.56. The highest BCUT2D eigenvalue weighted by Crippen LogP contribution is 1.98. The Balaban J connectivity index is 2.12. The van der Waals surface area contributed by atoms with Gasteiger partial charge in [0.25, 0.3) is 0 Å². The number of carbonyl (C=O) groups excluding carboxylic acids is 1. The molecule has 96 valence electrons. The number of aromatic nitrogens is 2. The molecule has 0 aliphatic rings. The molecule has 6 nitrogen and oxygen atoms in total. The molecule has 1 heterocycles. The molecule has 1 atom stereocenters. The standard InChI is InChI=1S/C11H20N4O2/c1-4-8(2)13-11(16)5-6-12-7-10-9(3)14-17-15-10/h8,12H,4-7H2,1-3H3,(H,13,16). The van der Waals surface area contributed by atoms with E-state index < -0.39 is 0 Å². The molecule has 1 amide bonds. The van der Waals surface area contributed by atoms with Crippen molar-refractivity contribution >= 4 is 5.91 Å². The predicted molar refractivity (Wildman–Crippen MR) is 63.3 cm³/mol. The zero-order valence-electron chi connectivity index (χ0n) is 10.6. The van der Waals surface area contributed by atoms with Crippen molar-refractivity contribution < 1.29 is 9.42 Å². The van der Waals surface area contributed by atoms with Crippen LogP contribution in [-0.2, 0) is 11.3 Å². The minimum Gasteiger partial charge on any atom is -0.354 e. The van der Waals surface area contributed by atoms with Crippen molar-refractivity contribution in [2.45, 2.75) is 46.2 Å². The highest BCUT2D eigenvalue weighted by molar-refractivity contribution is 5.76. The molecule has 0 aliphatic carbocycles. The fourth-order valence-corrected chi connectivity index (χ4v) is 1.27. The number of nitrogens with zero attached hydrogens (tertiary/aromatic N) is 2. The zero-order chi connectivity index (χ0) is 12.7. The molecule has 0 aromatic carbocycles. The highest BCUT2D eigenvalue weighted by Gasteiger charge is 2.06. The number of amides is 1. The Labute approximate surface area is 101 Å². The molecule has 0 radical (unpaired) electrons. The van der Waals surface area contributed by atoms with Crippen LogP contribution in [0.2, 0.25) is 0 Å². The van der Waals surface area contributed by atoms with E-state index in [0.29, 0.717) is 19.5 Å². The molecule has 0 saturated heterocycles. The van der Waals surface area contributed by atoms with Gasteiger partial charge in [0, 0.05) is 25.6 Å². The van der Waals surface area contributed by atoms with Crippen molar-refractivity contribution in [3.8, 4) is 0 Å². The molecular formula is C11H20N4O2. The topological polar surface area (TPSA) is 80.0 Å². The van der Waals surface area contributed by atoms with E-state index in [1.165, 1.54) is 0 Å². The van der Waals surface area contributed by atoms with Gasteiger partial charge in [-0.2, -0.15) is 0 Å². The summed E-state index contributed by atoms with van der Waals surface area (Å²) in [5.74, 6) is 0.0712. The Kier molecular flexibility index (Phi) is 5.62. The van der Waals surface area contributed by atoms with Crippen LogP contribution in [0.25, 0.3) is 0 Å². The quantitative estimate of drug-likeness (QED) is 0.688. The predicted octanol–water partition coefficient (Wildman–Crippen LogP) is 0.772. The molecule has 6 heteroatoms. The van der Waals surface area contributed by atoms with E-state index in [0.717, 1.165) is 17.8 Å². The summed E-state index contributed by atoms with van der Waals surface area (Å²) in [6, 6.07) is 0.240. The number of hydrogen-bond donors (Lipinski definition) is 2. The summed E-state index contributed by atoms with van der Waals surface area (Å²) < 4.78 is 4.57. The van der Waals surface area contributed by atoms with E-state index >= 15 is 0 Å². The lowest BCUT2D eigenvalue weighted by Gasteiger charge is -2.11. The van der Waals surface area contributed by atoms with Gasteiger partial charge < -0.3 is 10.6 Å². The maximum Gasteiger partial charge on any atom is 0.221 e. The van der Waals surface area contributed by atoms with Gasteiger partial charge in [-0.15, -0.1) is 0 Å². The van der Waals surface area contributed by atoms with E-state index in [9.17, 15) is 4.79 Å². The van der Waals surface area contributed by atoms with E-state index in [-0.39, 0.29) is 11.9 Å². The van der Waals surface area contributed by atoms with Gasteiger partial charge in [0.1, 0.15) is 11.4 Å². The van der Waals surface area contributed by atoms with Crippen molar-refractivity contribution in [3.05, 3.63) is 11.4 Å². The Morgan fingerprint density at radius 1 is 1.47 bits per heavy atom. The highest BCUT2D eigenvalue weighted by atomic mass is 16.6. The van der Waals surface area contributed by atoms with Gasteiger partial charge >= 0.3 is 0 Å². The third-order valence-corrected chi connectivity index (χ3v) is 2.59. The first-order chi connectivity index (χ1) is 8.13. The van der Waals surface area contributed by atoms with Crippen molar-refractivity contribution in [2.24, 2.45) is 0 Å². The average molecular weight is 240 g/mol. The molecule has 1 aromatic rings. The number of carbonyl (C=O) groups is 1. The largest absolute Gasteiger partial charge is 0.354 e. The zero-order valence-corrected chi connectivity index (χ0v) is 10.6. The Hall–Kier alpha value is -1.43. The molecule has 17 heavy (non-hydrogen) atoms. The Bertz CT molecular complexity index is 351. The third-order valence-electron chi connectivity index (χ3n) is 2.59. The number of hydrogen-bond acceptors (Lipinski definition) is 5. The van der Waals surface area contributed by atoms with Crippen LogP contribution < -0.4 is 10.6 Å². The summed E-state index contributed by atoms with van der Waals surface area (Å²) in [4.78, 5) is 11.4. The van der Waals surface area contributed by atoms with Crippen LogP contribution in [0.4, 0.5) is 0 Å². The molecule has 0 bridgehead atoms. The van der Waals surface area contributed by atoms with Crippen molar-refractivity contribution in [3.63, 3.8) is 0 Å². The maximum absolute atomic E-state index is 11.4. The van der Waals surface area contributed by atoms with Crippen LogP contribution in [0.15, 0.2) is 4.63 Å². The summed E-state index contributed by atoms with van der Waals surface area (Å²) in [5, 5.41) is 13.5. The summed E-state index contributed by atoms with van der Waals surface area (Å²) in [7, 11) is 0. The van der Waals surface area contributed by atoms with Crippen LogP contribution >= 0.6 is 0 Å². The van der Waals surface area contributed by atoms with Crippen LogP contribution in [0, 0.1) is 6.92 Å². The second-order valence-corrected chi connectivity index (χ2v) is 4.10. The van der Waals surface area contributed by atoms with Gasteiger partial charge in [-0.3, -0.25) is 4.79 Å². The number of aryl methyl sites for hydroxylation is 1. The Morgan fingerprint density at radius 2 is 2.24 bits per heavy atom. The lowest BCUT2D eigenvalue weighted by Crippen LogP contribution is -2.33. The second-order valence-electron chi connectivity index (χ2n) is 4.10. The van der Waals surface area contributed by atoms with Crippen LogP contribution in [0.3, 0.4) is 0 Å². The van der Waals surface area contributed by atoms with E-state index in [4.69, 9.17) is 0 Å². The van der Waals surface area contributed by atoms with Gasteiger partial charge in [-0.05, 0) is 20.3 Å². The van der Waals surface area contributed by atoms with Crippen LogP contribution in [0.5, 0.6) is 0 Å². The number of nitrogens with one attached hydrogen (secondary N) is 2. The number of rotatable bonds is 7. The average Bonchev–Trinajstić information content (AvgIpc) is 2.70. The van der Waals surface area contributed by atoms with Gasteiger partial charge in [-0.25, -0.2) is 4.63 Å². The molecular weight excluding hydrogens is 220 g/mol. The monoisotopic (exact) mass is 240 g/mol. The van der Waals surface area contributed by atoms with Crippen LogP contribution in [0.1, 0.15) is 38.1 Å². The Morgan fingerprint density at radius 3 is 2.82 bits per heavy atom. The fraction of sp³-hybridized carbons (Fsp3) is 0.727. The molecule has 1 unspecified atom stereocenters. The lowest BCUT2D eigenvalue weighted by molar-refractivity contribution is -0.121. The third kappa shape index (κ3) is 4.95. The molecule has 2 N–H and O–H groups in total. The first-order valence-electron chi connectivity index (χ1n) is 5.91. The minimum atomic E-state index is 0.0712.